The Balaban J connectivity index is 1.97. The second-order valence-corrected chi connectivity index (χ2v) is 6.61. The van der Waals surface area contributed by atoms with Gasteiger partial charge in [-0.05, 0) is 35.7 Å². The maximum absolute atomic E-state index is 13.4. The van der Waals surface area contributed by atoms with Crippen LogP contribution in [0.25, 0.3) is 0 Å². The van der Waals surface area contributed by atoms with Crippen LogP contribution in [0.3, 0.4) is 0 Å². The predicted octanol–water partition coefficient (Wildman–Crippen LogP) is 3.83. The Morgan fingerprint density at radius 1 is 1.15 bits per heavy atom. The van der Waals surface area contributed by atoms with Gasteiger partial charge >= 0.3 is 6.03 Å². The molecule has 1 aliphatic rings. The maximum atomic E-state index is 13.4. The van der Waals surface area contributed by atoms with Crippen LogP contribution in [0.4, 0.5) is 9.18 Å². The molecule has 0 aromatic heterocycles. The SMILES string of the molecule is CCCCC1(c2ccc(F)cc2)NC(=O)N(Cc2ccccc2C#N)C1=O. The van der Waals surface area contributed by atoms with Gasteiger partial charge < -0.3 is 5.32 Å². The smallest absolute Gasteiger partial charge is 0.319 e. The number of hydrogen-bond acceptors (Lipinski definition) is 3. The van der Waals surface area contributed by atoms with Crippen molar-refractivity contribution in [3.05, 3.63) is 71.0 Å². The molecule has 0 radical (unpaired) electrons. The molecule has 2 aromatic carbocycles. The number of hydrogen-bond donors (Lipinski definition) is 1. The first-order valence-electron chi connectivity index (χ1n) is 8.90. The van der Waals surface area contributed by atoms with E-state index >= 15 is 0 Å². The van der Waals surface area contributed by atoms with Gasteiger partial charge in [0.15, 0.2) is 0 Å². The van der Waals surface area contributed by atoms with Gasteiger partial charge in [0.2, 0.25) is 0 Å². The Labute approximate surface area is 157 Å². The third-order valence-electron chi connectivity index (χ3n) is 4.88. The van der Waals surface area contributed by atoms with Gasteiger partial charge in [0.05, 0.1) is 18.2 Å². The molecule has 0 aliphatic carbocycles. The summed E-state index contributed by atoms with van der Waals surface area (Å²) in [7, 11) is 0. The molecule has 3 rings (SSSR count). The van der Waals surface area contributed by atoms with E-state index in [1.165, 1.54) is 24.3 Å². The summed E-state index contributed by atoms with van der Waals surface area (Å²) >= 11 is 0. The second-order valence-electron chi connectivity index (χ2n) is 6.61. The first-order chi connectivity index (χ1) is 13.0. The topological polar surface area (TPSA) is 73.2 Å². The van der Waals surface area contributed by atoms with Gasteiger partial charge in [0.25, 0.3) is 5.91 Å². The van der Waals surface area contributed by atoms with Crippen molar-refractivity contribution in [3.8, 4) is 6.07 Å². The molecule has 27 heavy (non-hydrogen) atoms. The third kappa shape index (κ3) is 3.41. The van der Waals surface area contributed by atoms with Crippen LogP contribution in [-0.2, 0) is 16.9 Å². The highest BCUT2D eigenvalue weighted by molar-refractivity contribution is 6.07. The van der Waals surface area contributed by atoms with Crippen molar-refractivity contribution in [2.75, 3.05) is 0 Å². The van der Waals surface area contributed by atoms with Crippen molar-refractivity contribution in [2.24, 2.45) is 0 Å². The van der Waals surface area contributed by atoms with Crippen molar-refractivity contribution in [1.29, 1.82) is 5.26 Å². The van der Waals surface area contributed by atoms with Crippen LogP contribution in [0.1, 0.15) is 42.9 Å². The summed E-state index contributed by atoms with van der Waals surface area (Å²) in [6, 6.07) is 14.1. The van der Waals surface area contributed by atoms with E-state index in [2.05, 4.69) is 11.4 Å². The summed E-state index contributed by atoms with van der Waals surface area (Å²) in [6.45, 7) is 2.02. The van der Waals surface area contributed by atoms with Crippen molar-refractivity contribution >= 4 is 11.9 Å². The van der Waals surface area contributed by atoms with Crippen LogP contribution in [0.15, 0.2) is 48.5 Å². The lowest BCUT2D eigenvalue weighted by Gasteiger charge is -2.27. The van der Waals surface area contributed by atoms with Crippen LogP contribution >= 0.6 is 0 Å². The number of amides is 3. The molecule has 0 bridgehead atoms. The lowest BCUT2D eigenvalue weighted by atomic mass is 9.84. The van der Waals surface area contributed by atoms with Crippen LogP contribution in [0.5, 0.6) is 0 Å². The predicted molar refractivity (Wildman–Crippen MR) is 97.8 cm³/mol. The highest BCUT2D eigenvalue weighted by Crippen LogP contribution is 2.35. The Hall–Kier alpha value is -3.20. The van der Waals surface area contributed by atoms with E-state index in [0.29, 0.717) is 23.1 Å². The largest absolute Gasteiger partial charge is 0.325 e. The molecule has 5 nitrogen and oxygen atoms in total. The lowest BCUT2D eigenvalue weighted by molar-refractivity contribution is -0.132. The molecule has 1 saturated heterocycles. The zero-order valence-corrected chi connectivity index (χ0v) is 15.0. The van der Waals surface area contributed by atoms with Crippen molar-refractivity contribution < 1.29 is 14.0 Å². The van der Waals surface area contributed by atoms with E-state index in [-0.39, 0.29) is 12.5 Å². The number of nitrogens with one attached hydrogen (secondary N) is 1. The third-order valence-corrected chi connectivity index (χ3v) is 4.88. The van der Waals surface area contributed by atoms with E-state index in [1.807, 2.05) is 6.92 Å². The minimum atomic E-state index is -1.21. The zero-order chi connectivity index (χ0) is 19.4. The van der Waals surface area contributed by atoms with Crippen LogP contribution < -0.4 is 5.32 Å². The number of carbonyl (C=O) groups is 2. The fourth-order valence-corrected chi connectivity index (χ4v) is 3.39. The van der Waals surface area contributed by atoms with E-state index in [9.17, 15) is 19.2 Å². The Morgan fingerprint density at radius 2 is 1.85 bits per heavy atom. The molecule has 6 heteroatoms. The first-order valence-corrected chi connectivity index (χ1v) is 8.90. The highest BCUT2D eigenvalue weighted by atomic mass is 19.1. The Kier molecular flexibility index (Phi) is 5.22. The van der Waals surface area contributed by atoms with Crippen LogP contribution in [0.2, 0.25) is 0 Å². The summed E-state index contributed by atoms with van der Waals surface area (Å²) < 4.78 is 13.4. The first kappa shape index (κ1) is 18.6. The molecule has 1 aliphatic heterocycles. The number of unbranched alkanes of at least 4 members (excludes halogenated alkanes) is 1. The van der Waals surface area contributed by atoms with Gasteiger partial charge in [0.1, 0.15) is 11.4 Å². The summed E-state index contributed by atoms with van der Waals surface area (Å²) in [6.07, 6.45) is 2.01. The summed E-state index contributed by atoms with van der Waals surface area (Å²) in [5.41, 5.74) is 0.383. The molecular formula is C21H20FN3O2. The van der Waals surface area contributed by atoms with Gasteiger partial charge in [-0.25, -0.2) is 9.18 Å². The number of urea groups is 1. The van der Waals surface area contributed by atoms with Gasteiger partial charge in [-0.15, -0.1) is 0 Å². The van der Waals surface area contributed by atoms with Gasteiger partial charge in [-0.1, -0.05) is 50.1 Å². The normalized spacial score (nSPS) is 19.1. The van der Waals surface area contributed by atoms with Crippen LogP contribution in [-0.4, -0.2) is 16.8 Å². The minimum absolute atomic E-state index is 0.0173. The number of rotatable bonds is 6. The van der Waals surface area contributed by atoms with Crippen molar-refractivity contribution in [3.63, 3.8) is 0 Å². The number of nitriles is 1. The number of carbonyl (C=O) groups excluding carboxylic acids is 2. The van der Waals surface area contributed by atoms with Crippen molar-refractivity contribution in [2.45, 2.75) is 38.3 Å². The minimum Gasteiger partial charge on any atom is -0.319 e. The molecule has 0 saturated carbocycles. The molecule has 1 atom stereocenters. The average Bonchev–Trinajstić information content (AvgIpc) is 2.92. The molecule has 1 N–H and O–H groups in total. The fraction of sp³-hybridized carbons (Fsp3) is 0.286. The van der Waals surface area contributed by atoms with Gasteiger partial charge in [-0.2, -0.15) is 5.26 Å². The summed E-state index contributed by atoms with van der Waals surface area (Å²) in [5, 5.41) is 12.1. The number of halogens is 1. The van der Waals surface area contributed by atoms with E-state index < -0.39 is 17.4 Å². The molecule has 1 fully saturated rings. The van der Waals surface area contributed by atoms with E-state index in [4.69, 9.17) is 0 Å². The second kappa shape index (κ2) is 7.58. The Morgan fingerprint density at radius 3 is 2.52 bits per heavy atom. The number of benzene rings is 2. The standard InChI is InChI=1S/C21H20FN3O2/c1-2-3-12-21(17-8-10-18(22)11-9-17)19(26)25(20(27)24-21)14-16-7-5-4-6-15(16)13-23/h4-11H,2-3,12,14H2,1H3,(H,24,27). The molecule has 3 amide bonds. The summed E-state index contributed by atoms with van der Waals surface area (Å²) in [4.78, 5) is 27.1. The summed E-state index contributed by atoms with van der Waals surface area (Å²) in [5.74, 6) is -0.777. The van der Waals surface area contributed by atoms with Gasteiger partial charge in [-0.3, -0.25) is 9.69 Å². The molecule has 0 spiro atoms. The monoisotopic (exact) mass is 365 g/mol. The highest BCUT2D eigenvalue weighted by Gasteiger charge is 2.51. The molecular weight excluding hydrogens is 345 g/mol. The molecule has 1 unspecified atom stereocenters. The Bertz CT molecular complexity index is 904. The average molecular weight is 365 g/mol. The molecule has 1 heterocycles. The van der Waals surface area contributed by atoms with Gasteiger partial charge in [0, 0.05) is 0 Å². The molecule has 2 aromatic rings. The quantitative estimate of drug-likeness (QED) is 0.791. The lowest BCUT2D eigenvalue weighted by Crippen LogP contribution is -2.44. The number of nitrogens with zero attached hydrogens (tertiary/aromatic N) is 2. The maximum Gasteiger partial charge on any atom is 0.325 e. The number of imide groups is 1. The van der Waals surface area contributed by atoms with Crippen molar-refractivity contribution in [1.82, 2.24) is 10.2 Å². The molecule has 138 valence electrons. The van der Waals surface area contributed by atoms with Crippen LogP contribution in [0, 0.1) is 17.1 Å². The fourth-order valence-electron chi connectivity index (χ4n) is 3.39. The van der Waals surface area contributed by atoms with E-state index in [1.54, 1.807) is 24.3 Å². The van der Waals surface area contributed by atoms with E-state index in [0.717, 1.165) is 17.7 Å². The zero-order valence-electron chi connectivity index (χ0n) is 15.0.